The third-order valence-electron chi connectivity index (χ3n) is 1.44. The molecule has 1 atom stereocenters. The van der Waals surface area contributed by atoms with E-state index >= 15 is 0 Å². The third kappa shape index (κ3) is 1.28. The van der Waals surface area contributed by atoms with Gasteiger partial charge in [-0.25, -0.2) is 0 Å². The van der Waals surface area contributed by atoms with E-state index in [1.807, 2.05) is 0 Å². The Kier molecular flexibility index (Phi) is 1.82. The first-order valence-corrected chi connectivity index (χ1v) is 3.06. The summed E-state index contributed by atoms with van der Waals surface area (Å²) in [4.78, 5) is 14.8. The largest absolute Gasteiger partial charge is 0.359 e. The predicted octanol–water partition coefficient (Wildman–Crippen LogP) is -0.177. The average Bonchev–Trinajstić information content (AvgIpc) is 2.37. The van der Waals surface area contributed by atoms with Gasteiger partial charge in [0.05, 0.1) is 5.92 Å². The molecule has 0 saturated heterocycles. The number of hydrogen-bond donors (Lipinski definition) is 1. The number of nitrogens with zero attached hydrogens (tertiary/aromatic N) is 1. The second kappa shape index (κ2) is 2.62. The van der Waals surface area contributed by atoms with Crippen LogP contribution in [0.1, 0.15) is 6.42 Å². The first kappa shape index (κ1) is 6.26. The lowest BCUT2D eigenvalue weighted by atomic mass is 10.1. The number of carbonyl (C=O) groups excluding carboxylic acids is 1. The first-order chi connectivity index (χ1) is 4.34. The highest BCUT2D eigenvalue weighted by atomic mass is 16.1. The maximum Gasteiger partial charge on any atom is 0.228 e. The fourth-order valence-electron chi connectivity index (χ4n) is 0.874. The van der Waals surface area contributed by atoms with E-state index in [9.17, 15) is 4.79 Å². The molecule has 3 nitrogen and oxygen atoms in total. The summed E-state index contributed by atoms with van der Waals surface area (Å²) >= 11 is 0. The molecule has 3 heteroatoms. The summed E-state index contributed by atoms with van der Waals surface area (Å²) in [7, 11) is 1.65. The Morgan fingerprint density at radius 2 is 2.67 bits per heavy atom. The van der Waals surface area contributed by atoms with E-state index in [1.54, 1.807) is 13.3 Å². The number of hydrogen-bond acceptors (Lipinski definition) is 2. The van der Waals surface area contributed by atoms with Crippen LogP contribution in [0, 0.1) is 5.92 Å². The molecule has 9 heavy (non-hydrogen) atoms. The molecule has 0 aromatic carbocycles. The minimum absolute atomic E-state index is 0.0370. The predicted molar refractivity (Wildman–Crippen MR) is 35.5 cm³/mol. The van der Waals surface area contributed by atoms with Crippen molar-refractivity contribution in [2.45, 2.75) is 6.42 Å². The molecule has 0 saturated carbocycles. The molecule has 50 valence electrons. The lowest BCUT2D eigenvalue weighted by Gasteiger charge is -2.01. The molecular weight excluding hydrogens is 116 g/mol. The van der Waals surface area contributed by atoms with Gasteiger partial charge < -0.3 is 5.32 Å². The first-order valence-electron chi connectivity index (χ1n) is 3.06. The van der Waals surface area contributed by atoms with E-state index in [4.69, 9.17) is 0 Å². The van der Waals surface area contributed by atoms with Crippen LogP contribution in [0.3, 0.4) is 0 Å². The topological polar surface area (TPSA) is 41.5 Å². The summed E-state index contributed by atoms with van der Waals surface area (Å²) in [5.74, 6) is 0.117. The van der Waals surface area contributed by atoms with Gasteiger partial charge in [-0.15, -0.1) is 0 Å². The second-order valence-corrected chi connectivity index (χ2v) is 2.06. The van der Waals surface area contributed by atoms with Crippen molar-refractivity contribution in [2.75, 3.05) is 13.6 Å². The van der Waals surface area contributed by atoms with Gasteiger partial charge in [0, 0.05) is 19.8 Å². The maximum absolute atomic E-state index is 10.8. The molecule has 0 spiro atoms. The van der Waals surface area contributed by atoms with Gasteiger partial charge in [0.15, 0.2) is 0 Å². The summed E-state index contributed by atoms with van der Waals surface area (Å²) in [5.41, 5.74) is 0. The smallest absolute Gasteiger partial charge is 0.228 e. The van der Waals surface area contributed by atoms with Crippen LogP contribution in [0.25, 0.3) is 0 Å². The minimum Gasteiger partial charge on any atom is -0.359 e. The molecule has 1 rings (SSSR count). The quantitative estimate of drug-likeness (QED) is 0.520. The highest BCUT2D eigenvalue weighted by Gasteiger charge is 2.16. The number of rotatable bonds is 1. The van der Waals surface area contributed by atoms with E-state index in [2.05, 4.69) is 10.3 Å². The minimum atomic E-state index is 0.0370. The molecule has 1 aliphatic rings. The number of nitrogens with one attached hydrogen (secondary N) is 1. The van der Waals surface area contributed by atoms with Crippen LogP contribution in [0.2, 0.25) is 0 Å². The Balaban J connectivity index is 2.43. The van der Waals surface area contributed by atoms with Gasteiger partial charge in [0.25, 0.3) is 0 Å². The Labute approximate surface area is 54.2 Å². The second-order valence-electron chi connectivity index (χ2n) is 2.06. The lowest BCUT2D eigenvalue weighted by Crippen LogP contribution is -2.26. The van der Waals surface area contributed by atoms with E-state index in [-0.39, 0.29) is 11.8 Å². The van der Waals surface area contributed by atoms with Crippen molar-refractivity contribution in [3.63, 3.8) is 0 Å². The maximum atomic E-state index is 10.8. The molecule has 0 bridgehead atoms. The average molecular weight is 126 g/mol. The van der Waals surface area contributed by atoms with Crippen molar-refractivity contribution in [1.29, 1.82) is 0 Å². The van der Waals surface area contributed by atoms with E-state index in [0.717, 1.165) is 13.0 Å². The van der Waals surface area contributed by atoms with Crippen LogP contribution in [-0.4, -0.2) is 25.7 Å². The SMILES string of the molecule is CNC(=O)C1C=NCC1. The molecule has 0 radical (unpaired) electrons. The van der Waals surface area contributed by atoms with Gasteiger partial charge in [-0.1, -0.05) is 0 Å². The van der Waals surface area contributed by atoms with Crippen LogP contribution in [0.5, 0.6) is 0 Å². The van der Waals surface area contributed by atoms with E-state index in [1.165, 1.54) is 0 Å². The number of aliphatic imine (C=N–C) groups is 1. The Hall–Kier alpha value is -0.860. The Bertz CT molecular complexity index is 142. The normalized spacial score (nSPS) is 24.3. The van der Waals surface area contributed by atoms with Gasteiger partial charge in [-0.3, -0.25) is 9.79 Å². The summed E-state index contributed by atoms with van der Waals surface area (Å²) in [6, 6.07) is 0. The Morgan fingerprint density at radius 3 is 3.11 bits per heavy atom. The highest BCUT2D eigenvalue weighted by molar-refractivity contribution is 5.94. The summed E-state index contributed by atoms with van der Waals surface area (Å²) in [6.45, 7) is 0.804. The summed E-state index contributed by atoms with van der Waals surface area (Å²) in [5, 5.41) is 2.58. The highest BCUT2D eigenvalue weighted by Crippen LogP contribution is 2.06. The molecule has 0 aromatic heterocycles. The fraction of sp³-hybridized carbons (Fsp3) is 0.667. The lowest BCUT2D eigenvalue weighted by molar-refractivity contribution is -0.122. The number of carbonyl (C=O) groups is 1. The molecule has 1 aliphatic heterocycles. The molecule has 1 N–H and O–H groups in total. The zero-order chi connectivity index (χ0) is 6.69. The van der Waals surface area contributed by atoms with Gasteiger partial charge >= 0.3 is 0 Å². The van der Waals surface area contributed by atoms with Crippen molar-refractivity contribution in [3.05, 3.63) is 0 Å². The molecule has 0 aliphatic carbocycles. The van der Waals surface area contributed by atoms with Gasteiger partial charge in [-0.2, -0.15) is 0 Å². The van der Waals surface area contributed by atoms with Crippen LogP contribution < -0.4 is 5.32 Å². The fourth-order valence-corrected chi connectivity index (χ4v) is 0.874. The van der Waals surface area contributed by atoms with Crippen LogP contribution in [0.15, 0.2) is 4.99 Å². The molecular formula is C6H10N2O. The van der Waals surface area contributed by atoms with Crippen LogP contribution >= 0.6 is 0 Å². The van der Waals surface area contributed by atoms with E-state index in [0.29, 0.717) is 0 Å². The monoisotopic (exact) mass is 126 g/mol. The molecule has 0 fully saturated rings. The van der Waals surface area contributed by atoms with Crippen molar-refractivity contribution < 1.29 is 4.79 Å². The molecule has 1 unspecified atom stereocenters. The molecule has 1 heterocycles. The van der Waals surface area contributed by atoms with Gasteiger partial charge in [-0.05, 0) is 6.42 Å². The van der Waals surface area contributed by atoms with Crippen LogP contribution in [0.4, 0.5) is 0 Å². The summed E-state index contributed by atoms with van der Waals surface area (Å²) < 4.78 is 0. The molecule has 0 aromatic rings. The standard InChI is InChI=1S/C6H10N2O/c1-7-6(9)5-2-3-8-4-5/h4-5H,2-3H2,1H3,(H,7,9). The van der Waals surface area contributed by atoms with E-state index < -0.39 is 0 Å². The molecule has 1 amide bonds. The van der Waals surface area contributed by atoms with Crippen molar-refractivity contribution >= 4 is 12.1 Å². The Morgan fingerprint density at radius 1 is 1.89 bits per heavy atom. The van der Waals surface area contributed by atoms with Crippen LogP contribution in [-0.2, 0) is 4.79 Å². The van der Waals surface area contributed by atoms with Gasteiger partial charge in [0.1, 0.15) is 0 Å². The summed E-state index contributed by atoms with van der Waals surface area (Å²) in [6.07, 6.45) is 2.60. The van der Waals surface area contributed by atoms with Crippen molar-refractivity contribution in [1.82, 2.24) is 5.32 Å². The number of amides is 1. The third-order valence-corrected chi connectivity index (χ3v) is 1.44. The zero-order valence-electron chi connectivity index (χ0n) is 5.42. The van der Waals surface area contributed by atoms with Crippen molar-refractivity contribution in [3.8, 4) is 0 Å². The zero-order valence-corrected chi connectivity index (χ0v) is 5.42. The van der Waals surface area contributed by atoms with Crippen molar-refractivity contribution in [2.24, 2.45) is 10.9 Å². The van der Waals surface area contributed by atoms with Gasteiger partial charge in [0.2, 0.25) is 5.91 Å².